The Morgan fingerprint density at radius 1 is 1.39 bits per heavy atom. The summed E-state index contributed by atoms with van der Waals surface area (Å²) < 4.78 is 5.83. The van der Waals surface area contributed by atoms with Gasteiger partial charge in [-0.25, -0.2) is 4.98 Å². The summed E-state index contributed by atoms with van der Waals surface area (Å²) in [6.45, 7) is 1.80. The molecule has 18 heavy (non-hydrogen) atoms. The maximum atomic E-state index is 10.5. The summed E-state index contributed by atoms with van der Waals surface area (Å²) in [5.74, 6) is 0.817. The molecule has 1 aromatic carbocycles. The molecule has 1 heterocycles. The first-order chi connectivity index (χ1) is 8.53. The minimum absolute atomic E-state index is 0.539. The minimum atomic E-state index is -0.922. The fraction of sp³-hybridized carbons (Fsp3) is 0.308. The molecule has 96 valence electrons. The molecule has 0 radical (unpaired) electrons. The van der Waals surface area contributed by atoms with Crippen molar-refractivity contribution >= 4 is 27.3 Å². The van der Waals surface area contributed by atoms with E-state index in [2.05, 4.69) is 20.9 Å². The van der Waals surface area contributed by atoms with E-state index >= 15 is 0 Å². The van der Waals surface area contributed by atoms with Crippen LogP contribution in [0.2, 0.25) is 0 Å². The lowest BCUT2D eigenvalue weighted by molar-refractivity contribution is 0.0605. The van der Waals surface area contributed by atoms with Gasteiger partial charge < -0.3 is 9.84 Å². The van der Waals surface area contributed by atoms with E-state index in [1.54, 1.807) is 19.5 Å². The van der Waals surface area contributed by atoms with Gasteiger partial charge >= 0.3 is 0 Å². The average Bonchev–Trinajstić information content (AvgIpc) is 2.77. The van der Waals surface area contributed by atoms with Crippen LogP contribution in [-0.2, 0) is 12.0 Å². The number of thiazole rings is 1. The van der Waals surface area contributed by atoms with Gasteiger partial charge in [0.1, 0.15) is 16.0 Å². The molecule has 2 rings (SSSR count). The normalized spacial score (nSPS) is 14.2. The highest BCUT2D eigenvalue weighted by molar-refractivity contribution is 9.10. The van der Waals surface area contributed by atoms with Gasteiger partial charge in [0.05, 0.1) is 17.5 Å². The molecule has 3 nitrogen and oxygen atoms in total. The summed E-state index contributed by atoms with van der Waals surface area (Å²) in [7, 11) is 1.64. The van der Waals surface area contributed by atoms with Gasteiger partial charge in [-0.05, 0) is 40.5 Å². The number of methoxy groups -OCH3 is 1. The Kier molecular flexibility index (Phi) is 4.04. The number of rotatable bonds is 4. The summed E-state index contributed by atoms with van der Waals surface area (Å²) >= 11 is 4.81. The van der Waals surface area contributed by atoms with Crippen LogP contribution in [0.4, 0.5) is 0 Å². The molecule has 0 amide bonds. The molecule has 1 atom stereocenters. The van der Waals surface area contributed by atoms with Crippen LogP contribution >= 0.6 is 27.3 Å². The molecule has 0 saturated carbocycles. The van der Waals surface area contributed by atoms with Crippen LogP contribution in [0.5, 0.6) is 5.75 Å². The van der Waals surface area contributed by atoms with Crippen LogP contribution in [-0.4, -0.2) is 17.2 Å². The van der Waals surface area contributed by atoms with E-state index < -0.39 is 5.60 Å². The van der Waals surface area contributed by atoms with Crippen molar-refractivity contribution in [2.24, 2.45) is 0 Å². The summed E-state index contributed by atoms with van der Waals surface area (Å²) in [4.78, 5) is 4.95. The van der Waals surface area contributed by atoms with Gasteiger partial charge in [-0.3, -0.25) is 0 Å². The molecular formula is C13H14BrNO2S. The van der Waals surface area contributed by atoms with Gasteiger partial charge in [0.25, 0.3) is 0 Å². The summed E-state index contributed by atoms with van der Waals surface area (Å²) in [5.41, 5.74) is 1.86. The minimum Gasteiger partial charge on any atom is -0.497 e. The van der Waals surface area contributed by atoms with Crippen LogP contribution in [0.15, 0.2) is 34.4 Å². The Hall–Kier alpha value is -0.910. The first-order valence-electron chi connectivity index (χ1n) is 5.48. The van der Waals surface area contributed by atoms with Gasteiger partial charge in [0.2, 0.25) is 0 Å². The SMILES string of the molecule is COc1ccc(CC(C)(O)c2scnc2Br)cc1. The second kappa shape index (κ2) is 5.38. The number of hydrogen-bond acceptors (Lipinski definition) is 4. The van der Waals surface area contributed by atoms with Crippen molar-refractivity contribution in [1.82, 2.24) is 4.98 Å². The van der Waals surface area contributed by atoms with Crippen molar-refractivity contribution in [3.8, 4) is 5.75 Å². The van der Waals surface area contributed by atoms with Crippen LogP contribution in [0.1, 0.15) is 17.4 Å². The smallest absolute Gasteiger partial charge is 0.123 e. The first-order valence-corrected chi connectivity index (χ1v) is 7.15. The first kappa shape index (κ1) is 13.5. The molecule has 0 spiro atoms. The largest absolute Gasteiger partial charge is 0.497 e. The molecule has 0 aliphatic carbocycles. The molecule has 0 bridgehead atoms. The van der Waals surface area contributed by atoms with E-state index in [9.17, 15) is 5.11 Å². The van der Waals surface area contributed by atoms with Crippen LogP contribution in [0.25, 0.3) is 0 Å². The maximum absolute atomic E-state index is 10.5. The van der Waals surface area contributed by atoms with Crippen molar-refractivity contribution < 1.29 is 9.84 Å². The molecule has 1 N–H and O–H groups in total. The number of nitrogens with zero attached hydrogens (tertiary/aromatic N) is 1. The van der Waals surface area contributed by atoms with Crippen LogP contribution in [0.3, 0.4) is 0 Å². The quantitative estimate of drug-likeness (QED) is 0.936. The zero-order valence-electron chi connectivity index (χ0n) is 10.2. The number of aliphatic hydroxyl groups is 1. The summed E-state index contributed by atoms with van der Waals surface area (Å²) in [6.07, 6.45) is 0.539. The lowest BCUT2D eigenvalue weighted by Crippen LogP contribution is -2.23. The maximum Gasteiger partial charge on any atom is 0.123 e. The number of hydrogen-bond donors (Lipinski definition) is 1. The van der Waals surface area contributed by atoms with Gasteiger partial charge in [-0.2, -0.15) is 0 Å². The molecule has 2 aromatic rings. The number of halogens is 1. The van der Waals surface area contributed by atoms with E-state index in [-0.39, 0.29) is 0 Å². The molecular weight excluding hydrogens is 314 g/mol. The second-order valence-corrected chi connectivity index (χ2v) is 5.88. The Morgan fingerprint density at radius 3 is 2.56 bits per heavy atom. The highest BCUT2D eigenvalue weighted by Crippen LogP contribution is 2.34. The molecule has 0 aliphatic heterocycles. The standard InChI is InChI=1S/C13H14BrNO2S/c1-13(16,11-12(14)15-8-18-11)7-9-3-5-10(17-2)6-4-9/h3-6,8,16H,7H2,1-2H3. The molecule has 0 aliphatic rings. The fourth-order valence-corrected chi connectivity index (χ4v) is 3.49. The van der Waals surface area contributed by atoms with E-state index in [0.717, 1.165) is 16.2 Å². The Morgan fingerprint density at radius 2 is 2.06 bits per heavy atom. The van der Waals surface area contributed by atoms with Crippen molar-refractivity contribution in [3.05, 3.63) is 44.8 Å². The molecule has 1 aromatic heterocycles. The van der Waals surface area contributed by atoms with Gasteiger partial charge in [-0.1, -0.05) is 12.1 Å². The highest BCUT2D eigenvalue weighted by atomic mass is 79.9. The highest BCUT2D eigenvalue weighted by Gasteiger charge is 2.28. The lowest BCUT2D eigenvalue weighted by atomic mass is 9.95. The molecule has 0 fully saturated rings. The van der Waals surface area contributed by atoms with Crippen molar-refractivity contribution in [1.29, 1.82) is 0 Å². The third kappa shape index (κ3) is 2.91. The van der Waals surface area contributed by atoms with Gasteiger partial charge in [-0.15, -0.1) is 11.3 Å². The van der Waals surface area contributed by atoms with Crippen molar-refractivity contribution in [3.63, 3.8) is 0 Å². The second-order valence-electron chi connectivity index (χ2n) is 4.27. The monoisotopic (exact) mass is 327 g/mol. The summed E-state index contributed by atoms with van der Waals surface area (Å²) in [5, 5.41) is 10.5. The van der Waals surface area contributed by atoms with Crippen LogP contribution < -0.4 is 4.74 Å². The predicted molar refractivity (Wildman–Crippen MR) is 76.1 cm³/mol. The Bertz CT molecular complexity index is 522. The zero-order valence-corrected chi connectivity index (χ0v) is 12.6. The number of aromatic nitrogens is 1. The lowest BCUT2D eigenvalue weighted by Gasteiger charge is -2.22. The summed E-state index contributed by atoms with van der Waals surface area (Å²) in [6, 6.07) is 7.71. The Labute approximate surface area is 119 Å². The third-order valence-electron chi connectivity index (χ3n) is 2.72. The van der Waals surface area contributed by atoms with E-state index in [4.69, 9.17) is 4.74 Å². The Balaban J connectivity index is 2.19. The zero-order chi connectivity index (χ0) is 13.2. The van der Waals surface area contributed by atoms with E-state index in [1.807, 2.05) is 24.3 Å². The molecule has 1 unspecified atom stereocenters. The van der Waals surface area contributed by atoms with Crippen molar-refractivity contribution in [2.45, 2.75) is 18.9 Å². The topological polar surface area (TPSA) is 42.4 Å². The van der Waals surface area contributed by atoms with E-state index in [0.29, 0.717) is 11.0 Å². The predicted octanol–water partition coefficient (Wildman–Crippen LogP) is 3.36. The number of ether oxygens (including phenoxy) is 1. The van der Waals surface area contributed by atoms with E-state index in [1.165, 1.54) is 11.3 Å². The fourth-order valence-electron chi connectivity index (χ4n) is 1.80. The van der Waals surface area contributed by atoms with Crippen LogP contribution in [0, 0.1) is 0 Å². The average molecular weight is 328 g/mol. The molecule has 5 heteroatoms. The van der Waals surface area contributed by atoms with Gasteiger partial charge in [0, 0.05) is 6.42 Å². The van der Waals surface area contributed by atoms with Gasteiger partial charge in [0.15, 0.2) is 0 Å². The molecule has 0 saturated heterocycles. The third-order valence-corrected chi connectivity index (χ3v) is 4.66. The number of benzene rings is 1. The van der Waals surface area contributed by atoms with Crippen molar-refractivity contribution in [2.75, 3.05) is 7.11 Å².